The topological polar surface area (TPSA) is 12.4 Å². The lowest BCUT2D eigenvalue weighted by Crippen LogP contribution is -1.88. The highest BCUT2D eigenvalue weighted by Gasteiger charge is 2.01. The van der Waals surface area contributed by atoms with Crippen molar-refractivity contribution >= 4 is 17.4 Å². The summed E-state index contributed by atoms with van der Waals surface area (Å²) in [4.78, 5) is 3.87. The molecule has 1 aromatic rings. The molecule has 0 radical (unpaired) electrons. The van der Waals surface area contributed by atoms with Crippen molar-refractivity contribution < 1.29 is 4.39 Å². The number of aliphatic imine (C=N–C) groups is 1. The third-order valence-electron chi connectivity index (χ3n) is 1.60. The highest BCUT2D eigenvalue weighted by molar-refractivity contribution is 7.78. The van der Waals surface area contributed by atoms with Crippen molar-refractivity contribution in [3.8, 4) is 0 Å². The predicted molar refractivity (Wildman–Crippen MR) is 49.8 cm³/mol. The number of hydrogen-bond donors (Lipinski definition) is 0. The zero-order chi connectivity index (χ0) is 8.97. The zero-order valence-corrected chi connectivity index (χ0v) is 7.44. The quantitative estimate of drug-likeness (QED) is 0.504. The molecule has 0 fully saturated rings. The minimum atomic E-state index is -0.239. The van der Waals surface area contributed by atoms with Crippen LogP contribution in [0.5, 0.6) is 0 Å². The molecular weight excluding hydrogens is 173 g/mol. The molecule has 0 saturated heterocycles. The highest BCUT2D eigenvalue weighted by Crippen LogP contribution is 2.15. The number of isothiocyanates is 1. The average Bonchev–Trinajstić information content (AvgIpc) is 2.06. The van der Waals surface area contributed by atoms with Gasteiger partial charge >= 0.3 is 0 Å². The van der Waals surface area contributed by atoms with Gasteiger partial charge in [0.1, 0.15) is 5.82 Å². The van der Waals surface area contributed by atoms with Crippen LogP contribution in [0, 0.1) is 5.82 Å². The van der Waals surface area contributed by atoms with E-state index in [1.54, 1.807) is 12.1 Å². The van der Waals surface area contributed by atoms with Crippen molar-refractivity contribution in [2.45, 2.75) is 13.0 Å². The lowest BCUT2D eigenvalue weighted by molar-refractivity contribution is 0.626. The smallest absolute Gasteiger partial charge is 0.123 e. The molecule has 0 unspecified atom stereocenters. The molecule has 0 N–H and O–H groups in total. The third kappa shape index (κ3) is 2.22. The second-order valence-corrected chi connectivity index (χ2v) is 2.63. The summed E-state index contributed by atoms with van der Waals surface area (Å²) in [7, 11) is 0. The largest absolute Gasteiger partial charge is 0.225 e. The Morgan fingerprint density at radius 2 is 2.00 bits per heavy atom. The van der Waals surface area contributed by atoms with Crippen molar-refractivity contribution in [3.05, 3.63) is 35.6 Å². The van der Waals surface area contributed by atoms with Gasteiger partial charge in [-0.05, 0) is 36.8 Å². The van der Waals surface area contributed by atoms with Crippen molar-refractivity contribution in [2.24, 2.45) is 4.99 Å². The van der Waals surface area contributed by atoms with E-state index < -0.39 is 0 Å². The van der Waals surface area contributed by atoms with Crippen LogP contribution >= 0.6 is 12.2 Å². The van der Waals surface area contributed by atoms with Gasteiger partial charge in [0, 0.05) is 0 Å². The molecule has 1 nitrogen and oxygen atoms in total. The fourth-order valence-corrected chi connectivity index (χ4v) is 1.05. The molecule has 0 amide bonds. The Balaban J connectivity index is 2.89. The lowest BCUT2D eigenvalue weighted by atomic mass is 10.1. The molecule has 0 aliphatic rings. The molecule has 0 saturated carbocycles. The number of benzene rings is 1. The van der Waals surface area contributed by atoms with Crippen molar-refractivity contribution in [2.75, 3.05) is 0 Å². The molecule has 0 heterocycles. The second-order valence-electron chi connectivity index (χ2n) is 2.45. The van der Waals surface area contributed by atoms with Crippen LogP contribution in [0.2, 0.25) is 0 Å². The monoisotopic (exact) mass is 181 g/mol. The summed E-state index contributed by atoms with van der Waals surface area (Å²) in [6, 6.07) is 6.16. The number of nitrogens with zero attached hydrogens (tertiary/aromatic N) is 1. The first kappa shape index (κ1) is 9.04. The maximum absolute atomic E-state index is 12.5. The van der Waals surface area contributed by atoms with Crippen LogP contribution < -0.4 is 0 Å². The summed E-state index contributed by atoms with van der Waals surface area (Å²) >= 11 is 4.46. The molecular formula is C9H8FNS. The molecule has 0 spiro atoms. The average molecular weight is 181 g/mol. The molecule has 0 bridgehead atoms. The van der Waals surface area contributed by atoms with E-state index in [1.165, 1.54) is 12.1 Å². The van der Waals surface area contributed by atoms with Gasteiger partial charge in [-0.3, -0.25) is 0 Å². The van der Waals surface area contributed by atoms with Gasteiger partial charge in [0.25, 0.3) is 0 Å². The molecule has 3 heteroatoms. The van der Waals surface area contributed by atoms with Gasteiger partial charge in [-0.2, -0.15) is 0 Å². The molecule has 12 heavy (non-hydrogen) atoms. The number of halogens is 1. The van der Waals surface area contributed by atoms with Gasteiger partial charge in [0.2, 0.25) is 0 Å². The van der Waals surface area contributed by atoms with Crippen LogP contribution in [-0.2, 0) is 0 Å². The van der Waals surface area contributed by atoms with E-state index in [0.29, 0.717) is 0 Å². The van der Waals surface area contributed by atoms with E-state index >= 15 is 0 Å². The maximum atomic E-state index is 12.5. The van der Waals surface area contributed by atoms with Crippen LogP contribution in [0.15, 0.2) is 29.3 Å². The third-order valence-corrected chi connectivity index (χ3v) is 1.70. The van der Waals surface area contributed by atoms with Gasteiger partial charge < -0.3 is 0 Å². The Kier molecular flexibility index (Phi) is 3.09. The van der Waals surface area contributed by atoms with E-state index in [4.69, 9.17) is 0 Å². The Bertz CT molecular complexity index is 301. The zero-order valence-electron chi connectivity index (χ0n) is 6.62. The molecule has 0 aliphatic carbocycles. The fraction of sp³-hybridized carbons (Fsp3) is 0.222. The van der Waals surface area contributed by atoms with Gasteiger partial charge in [0.05, 0.1) is 11.2 Å². The Morgan fingerprint density at radius 3 is 2.50 bits per heavy atom. The molecule has 62 valence electrons. The first-order valence-corrected chi connectivity index (χ1v) is 3.97. The van der Waals surface area contributed by atoms with E-state index in [1.807, 2.05) is 6.92 Å². The Hall–Kier alpha value is -1.05. The van der Waals surface area contributed by atoms with Gasteiger partial charge in [-0.25, -0.2) is 9.38 Å². The normalized spacial score (nSPS) is 11.8. The molecule has 1 aromatic carbocycles. The molecule has 0 aromatic heterocycles. The summed E-state index contributed by atoms with van der Waals surface area (Å²) in [5.74, 6) is -0.239. The van der Waals surface area contributed by atoms with Crippen molar-refractivity contribution in [1.29, 1.82) is 0 Å². The second kappa shape index (κ2) is 4.10. The fourth-order valence-electron chi connectivity index (χ4n) is 0.895. The van der Waals surface area contributed by atoms with Gasteiger partial charge in [-0.1, -0.05) is 12.1 Å². The first-order valence-electron chi connectivity index (χ1n) is 3.56. The lowest BCUT2D eigenvalue weighted by Gasteiger charge is -2.02. The van der Waals surface area contributed by atoms with E-state index in [0.717, 1.165) is 5.56 Å². The van der Waals surface area contributed by atoms with Crippen LogP contribution in [-0.4, -0.2) is 5.16 Å². The van der Waals surface area contributed by atoms with Crippen molar-refractivity contribution in [1.82, 2.24) is 0 Å². The van der Waals surface area contributed by atoms with Gasteiger partial charge in [0.15, 0.2) is 0 Å². The SMILES string of the molecule is C[C@H](N=C=S)c1ccc(F)cc1. The highest BCUT2D eigenvalue weighted by atomic mass is 32.1. The predicted octanol–water partition coefficient (Wildman–Crippen LogP) is 2.99. The van der Waals surface area contributed by atoms with Gasteiger partial charge in [-0.15, -0.1) is 0 Å². The van der Waals surface area contributed by atoms with E-state index in [9.17, 15) is 4.39 Å². The minimum Gasteiger partial charge on any atom is -0.225 e. The number of hydrogen-bond acceptors (Lipinski definition) is 2. The standard InChI is InChI=1S/C9H8FNS/c1-7(11-6-12)8-2-4-9(10)5-3-8/h2-5,7H,1H3/t7-/m0/s1. The van der Waals surface area contributed by atoms with E-state index in [-0.39, 0.29) is 11.9 Å². The molecule has 0 aliphatic heterocycles. The van der Waals surface area contributed by atoms with Crippen LogP contribution in [0.25, 0.3) is 0 Å². The van der Waals surface area contributed by atoms with Crippen LogP contribution in [0.1, 0.15) is 18.5 Å². The summed E-state index contributed by atoms with van der Waals surface area (Å²) in [5.41, 5.74) is 0.939. The molecule has 1 atom stereocenters. The molecule has 1 rings (SSSR count). The minimum absolute atomic E-state index is 0.0388. The summed E-state index contributed by atoms with van der Waals surface area (Å²) < 4.78 is 12.5. The van der Waals surface area contributed by atoms with Crippen molar-refractivity contribution in [3.63, 3.8) is 0 Å². The van der Waals surface area contributed by atoms with Crippen LogP contribution in [0.3, 0.4) is 0 Å². The van der Waals surface area contributed by atoms with Crippen LogP contribution in [0.4, 0.5) is 4.39 Å². The summed E-state index contributed by atoms with van der Waals surface area (Å²) in [6.45, 7) is 1.88. The maximum Gasteiger partial charge on any atom is 0.123 e. The summed E-state index contributed by atoms with van der Waals surface area (Å²) in [6.07, 6.45) is 0. The van der Waals surface area contributed by atoms with E-state index in [2.05, 4.69) is 22.4 Å². The first-order chi connectivity index (χ1) is 5.74. The Labute approximate surface area is 75.9 Å². The number of thiocarbonyl (C=S) groups is 1. The Morgan fingerprint density at radius 1 is 1.42 bits per heavy atom. The number of rotatable bonds is 2. The summed E-state index contributed by atoms with van der Waals surface area (Å²) in [5, 5.41) is 2.30.